The molecule has 0 aromatic carbocycles. The summed E-state index contributed by atoms with van der Waals surface area (Å²) in [6.07, 6.45) is 1.44. The number of carbonyl (C=O) groups excluding carboxylic acids is 1. The first-order valence-corrected chi connectivity index (χ1v) is 5.78. The molecule has 0 aliphatic rings. The molecule has 0 saturated heterocycles. The van der Waals surface area contributed by atoms with E-state index >= 15 is 0 Å². The lowest BCUT2D eigenvalue weighted by Crippen LogP contribution is -2.43. The quantitative estimate of drug-likeness (QED) is 0.699. The summed E-state index contributed by atoms with van der Waals surface area (Å²) in [6.45, 7) is 7.12. The van der Waals surface area contributed by atoms with Crippen molar-refractivity contribution < 1.29 is 14.7 Å². The van der Waals surface area contributed by atoms with Crippen LogP contribution in [-0.2, 0) is 4.79 Å². The molecule has 0 saturated carbocycles. The molecule has 16 heavy (non-hydrogen) atoms. The van der Waals surface area contributed by atoms with E-state index in [0.29, 0.717) is 25.9 Å². The zero-order valence-corrected chi connectivity index (χ0v) is 10.3. The number of aliphatic carboxylic acids is 1. The average Bonchev–Trinajstić information content (AvgIpc) is 2.18. The fourth-order valence-electron chi connectivity index (χ4n) is 1.44. The first-order valence-electron chi connectivity index (χ1n) is 5.78. The Bertz CT molecular complexity index is 227. The molecule has 0 fully saturated rings. The Morgan fingerprint density at radius 2 is 1.88 bits per heavy atom. The number of nitrogens with zero attached hydrogens (tertiary/aromatic N) is 1. The Hall–Kier alpha value is -1.26. The van der Waals surface area contributed by atoms with Gasteiger partial charge in [-0.15, -0.1) is 0 Å². The predicted octanol–water partition coefficient (Wildman–Crippen LogP) is 1.68. The van der Waals surface area contributed by atoms with Crippen LogP contribution in [0.25, 0.3) is 0 Å². The van der Waals surface area contributed by atoms with Crippen molar-refractivity contribution in [1.29, 1.82) is 0 Å². The largest absolute Gasteiger partial charge is 0.481 e. The van der Waals surface area contributed by atoms with Gasteiger partial charge in [-0.3, -0.25) is 4.79 Å². The third-order valence-corrected chi connectivity index (χ3v) is 2.45. The average molecular weight is 230 g/mol. The lowest BCUT2D eigenvalue weighted by molar-refractivity contribution is -0.137. The lowest BCUT2D eigenvalue weighted by atomic mass is 10.1. The molecule has 2 N–H and O–H groups in total. The highest BCUT2D eigenvalue weighted by Crippen LogP contribution is 2.01. The third kappa shape index (κ3) is 6.27. The number of hydrogen-bond acceptors (Lipinski definition) is 2. The smallest absolute Gasteiger partial charge is 0.317 e. The van der Waals surface area contributed by atoms with E-state index in [0.717, 1.165) is 0 Å². The number of rotatable bonds is 7. The summed E-state index contributed by atoms with van der Waals surface area (Å²) in [5, 5.41) is 11.3. The van der Waals surface area contributed by atoms with Gasteiger partial charge in [-0.05, 0) is 33.6 Å². The molecule has 1 unspecified atom stereocenters. The van der Waals surface area contributed by atoms with Gasteiger partial charge in [-0.1, -0.05) is 0 Å². The minimum absolute atomic E-state index is 0.0208. The van der Waals surface area contributed by atoms with Gasteiger partial charge < -0.3 is 15.3 Å². The third-order valence-electron chi connectivity index (χ3n) is 2.45. The molecule has 0 heterocycles. The maximum absolute atomic E-state index is 11.6. The monoisotopic (exact) mass is 230 g/mol. The van der Waals surface area contributed by atoms with E-state index in [1.54, 1.807) is 4.90 Å². The Morgan fingerprint density at radius 1 is 1.31 bits per heavy atom. The second-order valence-electron chi connectivity index (χ2n) is 3.81. The molecule has 2 amide bonds. The molecular weight excluding hydrogens is 208 g/mol. The van der Waals surface area contributed by atoms with Crippen LogP contribution in [0, 0.1) is 0 Å². The van der Waals surface area contributed by atoms with Crippen molar-refractivity contribution in [3.05, 3.63) is 0 Å². The van der Waals surface area contributed by atoms with Crippen molar-refractivity contribution in [3.63, 3.8) is 0 Å². The van der Waals surface area contributed by atoms with Crippen LogP contribution in [0.5, 0.6) is 0 Å². The van der Waals surface area contributed by atoms with E-state index in [1.165, 1.54) is 0 Å². The van der Waals surface area contributed by atoms with Gasteiger partial charge in [0.1, 0.15) is 0 Å². The van der Waals surface area contributed by atoms with Gasteiger partial charge in [0.15, 0.2) is 0 Å². The van der Waals surface area contributed by atoms with Gasteiger partial charge in [0.05, 0.1) is 0 Å². The molecule has 0 radical (unpaired) electrons. The second-order valence-corrected chi connectivity index (χ2v) is 3.81. The Labute approximate surface area is 96.8 Å². The molecule has 0 aliphatic heterocycles. The van der Waals surface area contributed by atoms with Crippen LogP contribution >= 0.6 is 0 Å². The van der Waals surface area contributed by atoms with E-state index in [4.69, 9.17) is 5.11 Å². The van der Waals surface area contributed by atoms with Crippen molar-refractivity contribution in [2.24, 2.45) is 0 Å². The number of hydrogen-bond donors (Lipinski definition) is 2. The van der Waals surface area contributed by atoms with Crippen LogP contribution in [0.4, 0.5) is 4.79 Å². The van der Waals surface area contributed by atoms with Gasteiger partial charge in [0.25, 0.3) is 0 Å². The number of urea groups is 1. The second kappa shape index (κ2) is 7.96. The van der Waals surface area contributed by atoms with E-state index in [1.807, 2.05) is 20.8 Å². The molecule has 0 aromatic rings. The molecule has 0 rings (SSSR count). The van der Waals surface area contributed by atoms with E-state index < -0.39 is 5.97 Å². The summed E-state index contributed by atoms with van der Waals surface area (Å²) in [5.41, 5.74) is 0. The van der Waals surface area contributed by atoms with Crippen molar-refractivity contribution in [1.82, 2.24) is 10.2 Å². The van der Waals surface area contributed by atoms with Crippen molar-refractivity contribution in [3.8, 4) is 0 Å². The van der Waals surface area contributed by atoms with Crippen LogP contribution in [0.3, 0.4) is 0 Å². The predicted molar refractivity (Wildman–Crippen MR) is 62.4 cm³/mol. The minimum atomic E-state index is -0.790. The molecule has 0 aliphatic carbocycles. The lowest BCUT2D eigenvalue weighted by Gasteiger charge is -2.22. The highest BCUT2D eigenvalue weighted by atomic mass is 16.4. The van der Waals surface area contributed by atoms with Gasteiger partial charge in [-0.2, -0.15) is 0 Å². The molecule has 94 valence electrons. The van der Waals surface area contributed by atoms with Gasteiger partial charge in [0, 0.05) is 25.6 Å². The molecule has 0 aromatic heterocycles. The summed E-state index contributed by atoms with van der Waals surface area (Å²) in [4.78, 5) is 23.6. The molecule has 0 bridgehead atoms. The first-order chi connectivity index (χ1) is 7.51. The van der Waals surface area contributed by atoms with Crippen molar-refractivity contribution >= 4 is 12.0 Å². The van der Waals surface area contributed by atoms with Gasteiger partial charge in [-0.25, -0.2) is 4.79 Å². The van der Waals surface area contributed by atoms with E-state index in [-0.39, 0.29) is 18.5 Å². The molecular formula is C11H22N2O3. The number of carbonyl (C=O) groups is 2. The molecule has 0 spiro atoms. The molecule has 1 atom stereocenters. The van der Waals surface area contributed by atoms with E-state index in [9.17, 15) is 9.59 Å². The summed E-state index contributed by atoms with van der Waals surface area (Å²) in [5.74, 6) is -0.790. The van der Waals surface area contributed by atoms with Gasteiger partial charge in [0.2, 0.25) is 0 Å². The highest BCUT2D eigenvalue weighted by molar-refractivity contribution is 5.74. The molecule has 5 nitrogen and oxygen atoms in total. The molecule has 5 heteroatoms. The van der Waals surface area contributed by atoms with Crippen LogP contribution in [0.15, 0.2) is 0 Å². The summed E-state index contributed by atoms with van der Waals surface area (Å²) in [6, 6.07) is -0.0553. The maximum Gasteiger partial charge on any atom is 0.317 e. The fraction of sp³-hybridized carbons (Fsp3) is 0.818. The van der Waals surface area contributed by atoms with Crippen LogP contribution in [-0.4, -0.2) is 41.1 Å². The zero-order valence-electron chi connectivity index (χ0n) is 10.3. The van der Waals surface area contributed by atoms with Crippen LogP contribution in [0.2, 0.25) is 0 Å². The highest BCUT2D eigenvalue weighted by Gasteiger charge is 2.12. The first kappa shape index (κ1) is 14.7. The van der Waals surface area contributed by atoms with Gasteiger partial charge >= 0.3 is 12.0 Å². The van der Waals surface area contributed by atoms with E-state index in [2.05, 4.69) is 5.32 Å². The number of carboxylic acids is 1. The maximum atomic E-state index is 11.6. The Morgan fingerprint density at radius 3 is 2.31 bits per heavy atom. The number of amides is 2. The van der Waals surface area contributed by atoms with Crippen molar-refractivity contribution in [2.75, 3.05) is 13.1 Å². The normalized spacial score (nSPS) is 11.9. The number of carboxylic acid groups (broad SMARTS) is 1. The summed E-state index contributed by atoms with van der Waals surface area (Å²) in [7, 11) is 0. The topological polar surface area (TPSA) is 69.6 Å². The Kier molecular flexibility index (Phi) is 7.33. The van der Waals surface area contributed by atoms with Crippen molar-refractivity contribution in [2.45, 2.75) is 46.1 Å². The zero-order chi connectivity index (χ0) is 12.6. The number of nitrogens with one attached hydrogen (secondary N) is 1. The fourth-order valence-corrected chi connectivity index (χ4v) is 1.44. The Balaban J connectivity index is 3.81. The minimum Gasteiger partial charge on any atom is -0.481 e. The standard InChI is InChI=1S/C11H22N2O3/c1-4-13(5-2)11(16)12-9(3)7-6-8-10(14)15/h9H,4-8H2,1-3H3,(H,12,16)(H,14,15). The SMILES string of the molecule is CCN(CC)C(=O)NC(C)CCCC(=O)O. The van der Waals surface area contributed by atoms with Crippen LogP contribution in [0.1, 0.15) is 40.0 Å². The summed E-state index contributed by atoms with van der Waals surface area (Å²) < 4.78 is 0. The summed E-state index contributed by atoms with van der Waals surface area (Å²) >= 11 is 0. The van der Waals surface area contributed by atoms with Crippen LogP contribution < -0.4 is 5.32 Å².